The zero-order valence-corrected chi connectivity index (χ0v) is 13.0. The third-order valence-corrected chi connectivity index (χ3v) is 5.92. The second kappa shape index (κ2) is 5.78. The summed E-state index contributed by atoms with van der Waals surface area (Å²) in [5.41, 5.74) is 1.24. The molecule has 2 rings (SSSR count). The predicted octanol–water partition coefficient (Wildman–Crippen LogP) is 4.59. The molecule has 1 aliphatic rings. The van der Waals surface area contributed by atoms with Crippen molar-refractivity contribution in [3.05, 3.63) is 35.9 Å². The first-order valence-corrected chi connectivity index (χ1v) is 8.55. The van der Waals surface area contributed by atoms with Crippen LogP contribution in [0.5, 0.6) is 0 Å². The van der Waals surface area contributed by atoms with Crippen LogP contribution in [-0.2, 0) is 13.6 Å². The lowest BCUT2D eigenvalue weighted by Crippen LogP contribution is -2.11. The Morgan fingerprint density at radius 2 is 1.58 bits per heavy atom. The van der Waals surface area contributed by atoms with Gasteiger partial charge in [0.05, 0.1) is 17.9 Å². The maximum Gasteiger partial charge on any atom is 0.334 e. The van der Waals surface area contributed by atoms with Crippen LogP contribution in [0.1, 0.15) is 45.6 Å². The first kappa shape index (κ1) is 14.8. The minimum absolute atomic E-state index is 0.0136. The van der Waals surface area contributed by atoms with Gasteiger partial charge < -0.3 is 9.05 Å². The van der Waals surface area contributed by atoms with Gasteiger partial charge >= 0.3 is 7.60 Å². The lowest BCUT2D eigenvalue weighted by atomic mass is 10.1. The molecule has 0 aliphatic heterocycles. The molecule has 0 spiro atoms. The molecule has 0 N–H and O–H groups in total. The van der Waals surface area contributed by atoms with E-state index in [1.165, 1.54) is 5.56 Å². The summed E-state index contributed by atoms with van der Waals surface area (Å²) in [6.45, 7) is 7.60. The normalized spacial score (nSPS) is 23.1. The highest BCUT2D eigenvalue weighted by atomic mass is 31.2. The fourth-order valence-corrected chi connectivity index (χ4v) is 4.99. The molecule has 1 aliphatic carbocycles. The van der Waals surface area contributed by atoms with E-state index in [1.807, 2.05) is 45.9 Å². The van der Waals surface area contributed by atoms with E-state index in [0.717, 1.165) is 6.42 Å². The van der Waals surface area contributed by atoms with Gasteiger partial charge in [0.2, 0.25) is 0 Å². The van der Waals surface area contributed by atoms with E-state index in [4.69, 9.17) is 9.05 Å². The Balaban J connectivity index is 2.12. The van der Waals surface area contributed by atoms with Crippen molar-refractivity contribution >= 4 is 7.60 Å². The summed E-state index contributed by atoms with van der Waals surface area (Å²) in [6.07, 6.45) is 0.726. The van der Waals surface area contributed by atoms with Crippen molar-refractivity contribution in [1.82, 2.24) is 0 Å². The van der Waals surface area contributed by atoms with Gasteiger partial charge in [0.1, 0.15) is 0 Å². The second-order valence-corrected chi connectivity index (χ2v) is 7.83. The van der Waals surface area contributed by atoms with Crippen LogP contribution in [0.3, 0.4) is 0 Å². The molecule has 3 nitrogen and oxygen atoms in total. The van der Waals surface area contributed by atoms with Gasteiger partial charge in [-0.25, -0.2) is 0 Å². The molecule has 0 aromatic heterocycles. The molecule has 1 fully saturated rings. The summed E-state index contributed by atoms with van der Waals surface area (Å²) in [5, 5.41) is 0. The third-order valence-electron chi connectivity index (χ3n) is 3.11. The number of hydrogen-bond acceptors (Lipinski definition) is 3. The SMILES string of the molecule is CC(C)OP(=O)(OC(C)C)[C@@H]1C[C@H]1c1ccccc1. The smallest absolute Gasteiger partial charge is 0.306 e. The Labute approximate surface area is 115 Å². The molecule has 0 unspecified atom stereocenters. The molecule has 106 valence electrons. The molecule has 1 aromatic carbocycles. The quantitative estimate of drug-likeness (QED) is 0.716. The Kier molecular flexibility index (Phi) is 4.50. The minimum atomic E-state index is -3.01. The average molecular weight is 282 g/mol. The molecule has 0 radical (unpaired) electrons. The predicted molar refractivity (Wildman–Crippen MR) is 77.6 cm³/mol. The van der Waals surface area contributed by atoms with Crippen molar-refractivity contribution in [3.8, 4) is 0 Å². The summed E-state index contributed by atoms with van der Waals surface area (Å²) in [6, 6.07) is 10.2. The Bertz CT molecular complexity index is 442. The van der Waals surface area contributed by atoms with Gasteiger partial charge in [-0.3, -0.25) is 4.57 Å². The van der Waals surface area contributed by atoms with E-state index in [0.29, 0.717) is 5.92 Å². The van der Waals surface area contributed by atoms with Gasteiger partial charge in [0.15, 0.2) is 0 Å². The standard InChI is InChI=1S/C15H23O3P/c1-11(2)17-19(16,18-12(3)4)15-10-14(15)13-8-6-5-7-9-13/h5-9,11-12,14-15H,10H2,1-4H3/t14-,15+/m0/s1. The van der Waals surface area contributed by atoms with Crippen molar-refractivity contribution in [2.75, 3.05) is 0 Å². The van der Waals surface area contributed by atoms with Crippen LogP contribution in [0.4, 0.5) is 0 Å². The summed E-state index contributed by atoms with van der Waals surface area (Å²) in [7, 11) is -3.01. The average Bonchev–Trinajstić information content (AvgIpc) is 3.08. The molecule has 1 aromatic rings. The van der Waals surface area contributed by atoms with E-state index < -0.39 is 7.60 Å². The summed E-state index contributed by atoms with van der Waals surface area (Å²) >= 11 is 0. The molecule has 1 saturated carbocycles. The highest BCUT2D eigenvalue weighted by Gasteiger charge is 2.54. The molecule has 0 bridgehead atoms. The zero-order valence-electron chi connectivity index (χ0n) is 12.1. The summed E-state index contributed by atoms with van der Waals surface area (Å²) in [5.74, 6) is 0.310. The second-order valence-electron chi connectivity index (χ2n) is 5.67. The summed E-state index contributed by atoms with van der Waals surface area (Å²) in [4.78, 5) is 0. The molecule has 0 saturated heterocycles. The van der Waals surface area contributed by atoms with Gasteiger partial charge in [-0.1, -0.05) is 30.3 Å². The highest BCUT2D eigenvalue weighted by Crippen LogP contribution is 2.69. The molecular formula is C15H23O3P. The van der Waals surface area contributed by atoms with Crippen molar-refractivity contribution in [3.63, 3.8) is 0 Å². The van der Waals surface area contributed by atoms with Crippen LogP contribution in [-0.4, -0.2) is 17.9 Å². The van der Waals surface area contributed by atoms with Crippen LogP contribution in [0.2, 0.25) is 0 Å². The van der Waals surface area contributed by atoms with Gasteiger partial charge in [-0.2, -0.15) is 0 Å². The maximum absolute atomic E-state index is 12.9. The van der Waals surface area contributed by atoms with E-state index >= 15 is 0 Å². The van der Waals surface area contributed by atoms with Crippen molar-refractivity contribution in [2.24, 2.45) is 0 Å². The third kappa shape index (κ3) is 3.68. The van der Waals surface area contributed by atoms with Crippen LogP contribution < -0.4 is 0 Å². The number of benzene rings is 1. The molecule has 2 atom stereocenters. The van der Waals surface area contributed by atoms with Gasteiger partial charge in [0.25, 0.3) is 0 Å². The Hall–Kier alpha value is -0.630. The lowest BCUT2D eigenvalue weighted by molar-refractivity contribution is 0.141. The molecule has 4 heteroatoms. The monoisotopic (exact) mass is 282 g/mol. The molecule has 0 heterocycles. The first-order valence-electron chi connectivity index (χ1n) is 6.94. The van der Waals surface area contributed by atoms with E-state index in [9.17, 15) is 4.57 Å². The molecular weight excluding hydrogens is 259 g/mol. The molecule has 0 amide bonds. The number of rotatable bonds is 6. The summed E-state index contributed by atoms with van der Waals surface area (Å²) < 4.78 is 24.3. The number of hydrogen-bond donors (Lipinski definition) is 0. The fourth-order valence-electron chi connectivity index (χ4n) is 2.36. The Morgan fingerprint density at radius 1 is 1.05 bits per heavy atom. The van der Waals surface area contributed by atoms with Crippen LogP contribution >= 0.6 is 7.60 Å². The first-order chi connectivity index (χ1) is 8.92. The molecule has 19 heavy (non-hydrogen) atoms. The fraction of sp³-hybridized carbons (Fsp3) is 0.600. The van der Waals surface area contributed by atoms with Crippen LogP contribution in [0.25, 0.3) is 0 Å². The van der Waals surface area contributed by atoms with E-state index in [2.05, 4.69) is 12.1 Å². The maximum atomic E-state index is 12.9. The van der Waals surface area contributed by atoms with Gasteiger partial charge in [-0.05, 0) is 45.6 Å². The van der Waals surface area contributed by atoms with Crippen LogP contribution in [0, 0.1) is 0 Å². The van der Waals surface area contributed by atoms with Gasteiger partial charge in [0, 0.05) is 0 Å². The van der Waals surface area contributed by atoms with E-state index in [1.54, 1.807) is 0 Å². The van der Waals surface area contributed by atoms with Crippen LogP contribution in [0.15, 0.2) is 30.3 Å². The van der Waals surface area contributed by atoms with E-state index in [-0.39, 0.29) is 17.9 Å². The minimum Gasteiger partial charge on any atom is -0.306 e. The Morgan fingerprint density at radius 3 is 2.05 bits per heavy atom. The van der Waals surface area contributed by atoms with Crippen molar-refractivity contribution in [1.29, 1.82) is 0 Å². The van der Waals surface area contributed by atoms with Gasteiger partial charge in [-0.15, -0.1) is 0 Å². The lowest BCUT2D eigenvalue weighted by Gasteiger charge is -2.23. The zero-order chi connectivity index (χ0) is 14.0. The van der Waals surface area contributed by atoms with Crippen molar-refractivity contribution < 1.29 is 13.6 Å². The largest absolute Gasteiger partial charge is 0.334 e. The van der Waals surface area contributed by atoms with Crippen molar-refractivity contribution in [2.45, 2.75) is 57.9 Å². The highest BCUT2D eigenvalue weighted by molar-refractivity contribution is 7.55. The topological polar surface area (TPSA) is 35.5 Å².